The van der Waals surface area contributed by atoms with Gasteiger partial charge in [-0.1, -0.05) is 11.6 Å². The number of nitrogens with zero attached hydrogens (tertiary/aromatic N) is 1. The van der Waals surface area contributed by atoms with Crippen LogP contribution in [0.15, 0.2) is 12.1 Å². The van der Waals surface area contributed by atoms with E-state index in [0.29, 0.717) is 13.1 Å². The Morgan fingerprint density at radius 1 is 1.36 bits per heavy atom. The number of hydrogen-bond donors (Lipinski definition) is 2. The molecule has 78 valence electrons. The average Bonchev–Trinajstić information content (AvgIpc) is 2.62. The summed E-state index contributed by atoms with van der Waals surface area (Å²) in [5, 5.41) is 18.7. The fraction of sp³-hybridized carbons (Fsp3) is 0.556. The number of thiophene rings is 1. The van der Waals surface area contributed by atoms with Gasteiger partial charge < -0.3 is 10.2 Å². The zero-order valence-corrected chi connectivity index (χ0v) is 9.13. The molecule has 2 heterocycles. The van der Waals surface area contributed by atoms with Crippen LogP contribution < -0.4 is 0 Å². The van der Waals surface area contributed by atoms with Crippen LogP contribution in [0.3, 0.4) is 0 Å². The molecule has 1 aliphatic rings. The number of β-amino-alcohol motifs (C(OH)–C–C–N with tert-alkyl or cyclic N) is 2. The maximum atomic E-state index is 9.34. The van der Waals surface area contributed by atoms with E-state index in [9.17, 15) is 10.2 Å². The van der Waals surface area contributed by atoms with Crippen molar-refractivity contribution in [1.82, 2.24) is 4.90 Å². The molecule has 1 aromatic heterocycles. The van der Waals surface area contributed by atoms with Gasteiger partial charge in [-0.2, -0.15) is 0 Å². The minimum atomic E-state index is -0.606. The van der Waals surface area contributed by atoms with E-state index >= 15 is 0 Å². The zero-order valence-electron chi connectivity index (χ0n) is 7.56. The molecule has 0 saturated carbocycles. The summed E-state index contributed by atoms with van der Waals surface area (Å²) in [6.45, 7) is 1.83. The predicted octanol–water partition coefficient (Wildman–Crippen LogP) is 0.939. The Kier molecular flexibility index (Phi) is 3.09. The quantitative estimate of drug-likeness (QED) is 0.799. The van der Waals surface area contributed by atoms with Crippen LogP contribution in [0.4, 0.5) is 0 Å². The van der Waals surface area contributed by atoms with E-state index in [1.807, 2.05) is 17.0 Å². The first-order valence-corrected chi connectivity index (χ1v) is 5.67. The fourth-order valence-electron chi connectivity index (χ4n) is 1.63. The molecule has 14 heavy (non-hydrogen) atoms. The molecular formula is C9H12ClNO2S. The van der Waals surface area contributed by atoms with Crippen LogP contribution >= 0.6 is 22.9 Å². The summed E-state index contributed by atoms with van der Waals surface area (Å²) >= 11 is 7.34. The summed E-state index contributed by atoms with van der Waals surface area (Å²) in [6, 6.07) is 3.84. The molecule has 0 aromatic carbocycles. The van der Waals surface area contributed by atoms with Gasteiger partial charge in [-0.05, 0) is 12.1 Å². The average molecular weight is 234 g/mol. The monoisotopic (exact) mass is 233 g/mol. The summed E-state index contributed by atoms with van der Waals surface area (Å²) < 4.78 is 0.778. The fourth-order valence-corrected chi connectivity index (χ4v) is 2.76. The molecule has 5 heteroatoms. The molecule has 2 atom stereocenters. The Balaban J connectivity index is 1.93. The van der Waals surface area contributed by atoms with E-state index in [1.54, 1.807) is 0 Å². The molecule has 2 N–H and O–H groups in total. The second-order valence-electron chi connectivity index (χ2n) is 3.53. The maximum Gasteiger partial charge on any atom is 0.0938 e. The van der Waals surface area contributed by atoms with Crippen molar-refractivity contribution in [3.05, 3.63) is 21.3 Å². The molecule has 0 bridgehead atoms. The van der Waals surface area contributed by atoms with Crippen LogP contribution in [-0.4, -0.2) is 40.4 Å². The van der Waals surface area contributed by atoms with Gasteiger partial charge >= 0.3 is 0 Å². The Labute approximate surface area is 91.5 Å². The molecule has 0 radical (unpaired) electrons. The van der Waals surface area contributed by atoms with Gasteiger partial charge in [0, 0.05) is 24.5 Å². The van der Waals surface area contributed by atoms with Gasteiger partial charge in [-0.25, -0.2) is 0 Å². The van der Waals surface area contributed by atoms with E-state index in [-0.39, 0.29) is 0 Å². The Morgan fingerprint density at radius 2 is 2.00 bits per heavy atom. The summed E-state index contributed by atoms with van der Waals surface area (Å²) in [5.74, 6) is 0. The minimum absolute atomic E-state index is 0.538. The standard InChI is InChI=1S/C9H12ClNO2S/c10-9-2-1-6(14-9)3-11-4-7(12)8(13)5-11/h1-2,7-8,12-13H,3-5H2. The lowest BCUT2D eigenvalue weighted by Crippen LogP contribution is -2.22. The number of aliphatic hydroxyl groups excluding tert-OH is 2. The van der Waals surface area contributed by atoms with Crippen molar-refractivity contribution >= 4 is 22.9 Å². The summed E-state index contributed by atoms with van der Waals surface area (Å²) in [6.07, 6.45) is -1.21. The third-order valence-corrected chi connectivity index (χ3v) is 3.56. The molecule has 1 aromatic rings. The van der Waals surface area contributed by atoms with E-state index in [0.717, 1.165) is 15.8 Å². The van der Waals surface area contributed by atoms with Gasteiger partial charge in [0.2, 0.25) is 0 Å². The van der Waals surface area contributed by atoms with Crippen molar-refractivity contribution in [3.63, 3.8) is 0 Å². The van der Waals surface area contributed by atoms with Crippen LogP contribution in [-0.2, 0) is 6.54 Å². The van der Waals surface area contributed by atoms with E-state index in [4.69, 9.17) is 11.6 Å². The Morgan fingerprint density at radius 3 is 2.50 bits per heavy atom. The van der Waals surface area contributed by atoms with Gasteiger partial charge in [-0.15, -0.1) is 11.3 Å². The topological polar surface area (TPSA) is 43.7 Å². The van der Waals surface area contributed by atoms with E-state index in [1.165, 1.54) is 11.3 Å². The van der Waals surface area contributed by atoms with Crippen molar-refractivity contribution in [2.24, 2.45) is 0 Å². The van der Waals surface area contributed by atoms with E-state index < -0.39 is 12.2 Å². The van der Waals surface area contributed by atoms with Crippen LogP contribution in [0, 0.1) is 0 Å². The van der Waals surface area contributed by atoms with Gasteiger partial charge in [0.1, 0.15) is 0 Å². The molecule has 2 unspecified atom stereocenters. The van der Waals surface area contributed by atoms with Crippen molar-refractivity contribution in [3.8, 4) is 0 Å². The third-order valence-electron chi connectivity index (χ3n) is 2.34. The second-order valence-corrected chi connectivity index (χ2v) is 5.33. The lowest BCUT2D eigenvalue weighted by Gasteiger charge is -2.12. The number of hydrogen-bond acceptors (Lipinski definition) is 4. The number of rotatable bonds is 2. The van der Waals surface area contributed by atoms with Crippen LogP contribution in [0.25, 0.3) is 0 Å². The first kappa shape index (κ1) is 10.4. The first-order valence-electron chi connectivity index (χ1n) is 4.48. The number of likely N-dealkylation sites (tertiary alicyclic amines) is 1. The largest absolute Gasteiger partial charge is 0.389 e. The maximum absolute atomic E-state index is 9.34. The lowest BCUT2D eigenvalue weighted by atomic mass is 10.3. The highest BCUT2D eigenvalue weighted by atomic mass is 35.5. The molecule has 2 rings (SSSR count). The minimum Gasteiger partial charge on any atom is -0.389 e. The van der Waals surface area contributed by atoms with Crippen molar-refractivity contribution in [1.29, 1.82) is 0 Å². The zero-order chi connectivity index (χ0) is 10.1. The van der Waals surface area contributed by atoms with Gasteiger partial charge in [0.05, 0.1) is 16.5 Å². The first-order chi connectivity index (χ1) is 6.65. The van der Waals surface area contributed by atoms with Crippen molar-refractivity contribution in [2.75, 3.05) is 13.1 Å². The van der Waals surface area contributed by atoms with Crippen molar-refractivity contribution in [2.45, 2.75) is 18.8 Å². The second kappa shape index (κ2) is 4.16. The predicted molar refractivity (Wildman–Crippen MR) is 56.6 cm³/mol. The molecule has 0 spiro atoms. The third kappa shape index (κ3) is 2.27. The normalized spacial score (nSPS) is 28.5. The highest BCUT2D eigenvalue weighted by Gasteiger charge is 2.29. The smallest absolute Gasteiger partial charge is 0.0938 e. The highest BCUT2D eigenvalue weighted by molar-refractivity contribution is 7.16. The summed E-state index contributed by atoms with van der Waals surface area (Å²) in [4.78, 5) is 3.19. The molecular weight excluding hydrogens is 222 g/mol. The van der Waals surface area contributed by atoms with Gasteiger partial charge in [-0.3, -0.25) is 4.90 Å². The molecule has 1 fully saturated rings. The molecule has 0 amide bonds. The number of aliphatic hydroxyl groups is 2. The van der Waals surface area contributed by atoms with Crippen LogP contribution in [0.1, 0.15) is 4.88 Å². The molecule has 3 nitrogen and oxygen atoms in total. The van der Waals surface area contributed by atoms with Crippen LogP contribution in [0.2, 0.25) is 4.34 Å². The number of halogens is 1. The molecule has 1 aliphatic heterocycles. The Hall–Kier alpha value is -0.130. The summed E-state index contributed by atoms with van der Waals surface area (Å²) in [5.41, 5.74) is 0. The molecule has 1 saturated heterocycles. The van der Waals surface area contributed by atoms with Gasteiger partial charge in [0.25, 0.3) is 0 Å². The van der Waals surface area contributed by atoms with Gasteiger partial charge in [0.15, 0.2) is 0 Å². The van der Waals surface area contributed by atoms with Crippen LogP contribution in [0.5, 0.6) is 0 Å². The summed E-state index contributed by atoms with van der Waals surface area (Å²) in [7, 11) is 0. The molecule has 0 aliphatic carbocycles. The Bertz CT molecular complexity index is 308. The van der Waals surface area contributed by atoms with Crippen molar-refractivity contribution < 1.29 is 10.2 Å². The SMILES string of the molecule is OC1CN(Cc2ccc(Cl)s2)CC1O. The highest BCUT2D eigenvalue weighted by Crippen LogP contribution is 2.24. The lowest BCUT2D eigenvalue weighted by molar-refractivity contribution is 0.0572. The van der Waals surface area contributed by atoms with E-state index in [2.05, 4.69) is 0 Å².